The molecule has 2 rings (SSSR count). The van der Waals surface area contributed by atoms with Crippen molar-refractivity contribution in [2.45, 2.75) is 26.1 Å². The van der Waals surface area contributed by atoms with Gasteiger partial charge in [0.2, 0.25) is 0 Å². The van der Waals surface area contributed by atoms with Crippen LogP contribution < -0.4 is 0 Å². The van der Waals surface area contributed by atoms with E-state index >= 15 is 0 Å². The summed E-state index contributed by atoms with van der Waals surface area (Å²) < 4.78 is 1.67. The minimum atomic E-state index is -0.807. The summed E-state index contributed by atoms with van der Waals surface area (Å²) in [7, 11) is 2.02. The molecule has 1 N–H and O–H groups in total. The van der Waals surface area contributed by atoms with E-state index in [1.54, 1.807) is 28.4 Å². The van der Waals surface area contributed by atoms with Crippen LogP contribution in [-0.2, 0) is 24.4 Å². The zero-order valence-corrected chi connectivity index (χ0v) is 11.5. The molecule has 2 aromatic rings. The minimum Gasteiger partial charge on any atom is -0.481 e. The highest BCUT2D eigenvalue weighted by molar-refractivity contribution is 7.09. The average molecular weight is 280 g/mol. The van der Waals surface area contributed by atoms with E-state index in [1.807, 2.05) is 18.6 Å². The van der Waals surface area contributed by atoms with Crippen molar-refractivity contribution < 1.29 is 9.90 Å². The first kappa shape index (κ1) is 13.7. The van der Waals surface area contributed by atoms with E-state index in [9.17, 15) is 4.79 Å². The second kappa shape index (κ2) is 6.44. The molecule has 0 aliphatic carbocycles. The summed E-state index contributed by atoms with van der Waals surface area (Å²) in [5, 5.41) is 15.8. The summed E-state index contributed by atoms with van der Waals surface area (Å²) in [5.74, 6) is -0.807. The van der Waals surface area contributed by atoms with Crippen LogP contribution in [0, 0.1) is 0 Å². The van der Waals surface area contributed by atoms with Gasteiger partial charge in [0.15, 0.2) is 0 Å². The fourth-order valence-corrected chi connectivity index (χ4v) is 2.45. The van der Waals surface area contributed by atoms with Crippen LogP contribution in [0.25, 0.3) is 0 Å². The molecular formula is C12H16N4O2S. The van der Waals surface area contributed by atoms with Crippen molar-refractivity contribution in [3.05, 3.63) is 34.5 Å². The minimum absolute atomic E-state index is 0.0933. The number of nitrogens with zero attached hydrogens (tertiary/aromatic N) is 4. The van der Waals surface area contributed by atoms with Crippen molar-refractivity contribution in [3.63, 3.8) is 0 Å². The van der Waals surface area contributed by atoms with Gasteiger partial charge in [-0.3, -0.25) is 14.4 Å². The van der Waals surface area contributed by atoms with Crippen LogP contribution >= 0.6 is 11.3 Å². The van der Waals surface area contributed by atoms with Gasteiger partial charge < -0.3 is 5.11 Å². The lowest BCUT2D eigenvalue weighted by atomic mass is 10.3. The lowest BCUT2D eigenvalue weighted by Crippen LogP contribution is -2.16. The van der Waals surface area contributed by atoms with Gasteiger partial charge in [-0.25, -0.2) is 4.98 Å². The van der Waals surface area contributed by atoms with Gasteiger partial charge in [-0.1, -0.05) is 0 Å². The van der Waals surface area contributed by atoms with Gasteiger partial charge >= 0.3 is 5.97 Å². The highest BCUT2D eigenvalue weighted by Gasteiger charge is 2.06. The number of aromatic nitrogens is 3. The molecule has 0 fully saturated rings. The number of thiazole rings is 1. The summed E-state index contributed by atoms with van der Waals surface area (Å²) in [6.45, 7) is 1.98. The maximum Gasteiger partial charge on any atom is 0.305 e. The number of hydrogen-bond acceptors (Lipinski definition) is 5. The predicted molar refractivity (Wildman–Crippen MR) is 71.8 cm³/mol. The summed E-state index contributed by atoms with van der Waals surface area (Å²) >= 11 is 1.64. The Labute approximate surface area is 115 Å². The summed E-state index contributed by atoms with van der Waals surface area (Å²) in [6.07, 6.45) is 5.56. The summed E-state index contributed by atoms with van der Waals surface area (Å²) in [6, 6.07) is 0. The largest absolute Gasteiger partial charge is 0.481 e. The van der Waals surface area contributed by atoms with E-state index < -0.39 is 5.97 Å². The third-order valence-corrected chi connectivity index (χ3v) is 3.35. The van der Waals surface area contributed by atoms with E-state index in [-0.39, 0.29) is 6.42 Å². The Bertz CT molecular complexity index is 524. The number of rotatable bonds is 7. The second-order valence-corrected chi connectivity index (χ2v) is 5.33. The number of aryl methyl sites for hydroxylation is 1. The Morgan fingerprint density at radius 3 is 3.05 bits per heavy atom. The van der Waals surface area contributed by atoms with Crippen molar-refractivity contribution in [3.8, 4) is 0 Å². The third kappa shape index (κ3) is 4.46. The van der Waals surface area contributed by atoms with Crippen molar-refractivity contribution in [1.29, 1.82) is 0 Å². The van der Waals surface area contributed by atoms with E-state index in [2.05, 4.69) is 15.0 Å². The molecule has 0 aromatic carbocycles. The topological polar surface area (TPSA) is 71.2 Å². The number of carboxylic acid groups (broad SMARTS) is 1. The van der Waals surface area contributed by atoms with Crippen LogP contribution in [0.3, 0.4) is 0 Å². The molecule has 19 heavy (non-hydrogen) atoms. The molecule has 0 amide bonds. The highest BCUT2D eigenvalue weighted by Crippen LogP contribution is 2.10. The van der Waals surface area contributed by atoms with Crippen LogP contribution in [0.4, 0.5) is 0 Å². The smallest absolute Gasteiger partial charge is 0.305 e. The molecule has 0 spiro atoms. The summed E-state index contributed by atoms with van der Waals surface area (Å²) in [5.41, 5.74) is 1.07. The summed E-state index contributed by atoms with van der Waals surface area (Å²) in [4.78, 5) is 16.9. The van der Waals surface area contributed by atoms with Gasteiger partial charge in [0.25, 0.3) is 0 Å². The molecule has 0 radical (unpaired) electrons. The van der Waals surface area contributed by atoms with Crippen LogP contribution in [-0.4, -0.2) is 37.8 Å². The van der Waals surface area contributed by atoms with Crippen LogP contribution in [0.2, 0.25) is 0 Å². The van der Waals surface area contributed by atoms with Crippen molar-refractivity contribution in [1.82, 2.24) is 19.7 Å². The molecule has 0 aliphatic heterocycles. The standard InChI is InChI=1S/C12H16N4O2S/c1-15(9-11-13-3-5-19-11)7-10-6-14-16(8-10)4-2-12(17)18/h3,5-6,8H,2,4,7,9H2,1H3,(H,17,18). The van der Waals surface area contributed by atoms with Crippen LogP contribution in [0.1, 0.15) is 17.0 Å². The normalized spacial score (nSPS) is 11.1. The Morgan fingerprint density at radius 2 is 2.37 bits per heavy atom. The first-order chi connectivity index (χ1) is 9.13. The zero-order valence-electron chi connectivity index (χ0n) is 10.7. The van der Waals surface area contributed by atoms with Gasteiger partial charge in [-0.2, -0.15) is 5.10 Å². The van der Waals surface area contributed by atoms with Gasteiger partial charge in [0.05, 0.1) is 25.7 Å². The molecule has 0 saturated carbocycles. The fraction of sp³-hybridized carbons (Fsp3) is 0.417. The van der Waals surface area contributed by atoms with Crippen molar-refractivity contribution in [2.75, 3.05) is 7.05 Å². The van der Waals surface area contributed by atoms with Gasteiger partial charge in [0.1, 0.15) is 5.01 Å². The molecule has 0 saturated heterocycles. The van der Waals surface area contributed by atoms with E-state index in [0.717, 1.165) is 23.7 Å². The van der Waals surface area contributed by atoms with Crippen molar-refractivity contribution in [2.24, 2.45) is 0 Å². The van der Waals surface area contributed by atoms with E-state index in [1.165, 1.54) is 0 Å². The van der Waals surface area contributed by atoms with Crippen molar-refractivity contribution >= 4 is 17.3 Å². The quantitative estimate of drug-likeness (QED) is 0.831. The molecule has 6 nitrogen and oxygen atoms in total. The molecule has 0 bridgehead atoms. The van der Waals surface area contributed by atoms with Crippen LogP contribution in [0.15, 0.2) is 24.0 Å². The van der Waals surface area contributed by atoms with Gasteiger partial charge in [0, 0.05) is 29.9 Å². The Morgan fingerprint density at radius 1 is 1.53 bits per heavy atom. The first-order valence-electron chi connectivity index (χ1n) is 5.93. The average Bonchev–Trinajstić information content (AvgIpc) is 2.98. The molecule has 2 heterocycles. The molecule has 0 atom stereocenters. The maximum atomic E-state index is 10.5. The van der Waals surface area contributed by atoms with Gasteiger partial charge in [-0.05, 0) is 7.05 Å². The highest BCUT2D eigenvalue weighted by atomic mass is 32.1. The molecule has 7 heteroatoms. The lowest BCUT2D eigenvalue weighted by molar-refractivity contribution is -0.137. The lowest BCUT2D eigenvalue weighted by Gasteiger charge is -2.13. The molecule has 0 aliphatic rings. The SMILES string of the molecule is CN(Cc1cnn(CCC(=O)O)c1)Cc1nccs1. The monoisotopic (exact) mass is 280 g/mol. The number of carbonyl (C=O) groups is 1. The molecular weight excluding hydrogens is 264 g/mol. The Balaban J connectivity index is 1.83. The molecule has 102 valence electrons. The Kier molecular flexibility index (Phi) is 4.64. The number of hydrogen-bond donors (Lipinski definition) is 1. The number of aliphatic carboxylic acids is 1. The maximum absolute atomic E-state index is 10.5. The van der Waals surface area contributed by atoms with E-state index in [0.29, 0.717) is 6.54 Å². The predicted octanol–water partition coefficient (Wildman–Crippen LogP) is 1.45. The third-order valence-electron chi connectivity index (χ3n) is 2.58. The first-order valence-corrected chi connectivity index (χ1v) is 6.81. The number of carboxylic acids is 1. The molecule has 0 unspecified atom stereocenters. The zero-order chi connectivity index (χ0) is 13.7. The Hall–Kier alpha value is -1.73. The fourth-order valence-electron chi connectivity index (χ4n) is 1.75. The molecule has 2 aromatic heterocycles. The van der Waals surface area contributed by atoms with Crippen LogP contribution in [0.5, 0.6) is 0 Å². The van der Waals surface area contributed by atoms with E-state index in [4.69, 9.17) is 5.11 Å². The second-order valence-electron chi connectivity index (χ2n) is 4.35. The van der Waals surface area contributed by atoms with Gasteiger partial charge in [-0.15, -0.1) is 11.3 Å².